The fourth-order valence-corrected chi connectivity index (χ4v) is 3.01. The number of amides is 1. The van der Waals surface area contributed by atoms with E-state index < -0.39 is 23.6 Å². The van der Waals surface area contributed by atoms with Crippen molar-refractivity contribution in [1.82, 2.24) is 10.0 Å². The van der Waals surface area contributed by atoms with Gasteiger partial charge < -0.3 is 4.74 Å². The second-order valence-corrected chi connectivity index (χ2v) is 5.79. The highest BCUT2D eigenvalue weighted by molar-refractivity contribution is 6.02. The molecular weight excluding hydrogens is 325 g/mol. The zero-order valence-electron chi connectivity index (χ0n) is 13.0. The van der Waals surface area contributed by atoms with Crippen LogP contribution in [0.25, 0.3) is 0 Å². The molecule has 0 radical (unpaired) electrons. The molecule has 5 nitrogen and oxygen atoms in total. The van der Waals surface area contributed by atoms with Crippen molar-refractivity contribution in [3.63, 3.8) is 0 Å². The van der Waals surface area contributed by atoms with E-state index in [-0.39, 0.29) is 18.4 Å². The zero-order valence-corrected chi connectivity index (χ0v) is 13.0. The first-order valence-electron chi connectivity index (χ1n) is 7.31. The minimum absolute atomic E-state index is 0.251. The molecule has 1 amide bonds. The Morgan fingerprint density at radius 2 is 1.88 bits per heavy atom. The average Bonchev–Trinajstić information content (AvgIpc) is 3.03. The standard InChI is InChI=1S/C16H15F3N2O3/c1-9-7-20-13(10-3-5-11(24-2)6-4-10)12(8-21(20)15(9)23)14(22)16(17,18)19/h3-6,8-9,13H,7H2,1-2H3. The number of ketones is 1. The molecule has 0 aliphatic carbocycles. The highest BCUT2D eigenvalue weighted by atomic mass is 19.4. The van der Waals surface area contributed by atoms with E-state index in [9.17, 15) is 22.8 Å². The first kappa shape index (κ1) is 16.5. The molecule has 0 saturated carbocycles. The molecule has 2 aliphatic rings. The normalized spacial score (nSPS) is 24.1. The van der Waals surface area contributed by atoms with Gasteiger partial charge in [0.25, 0.3) is 5.78 Å². The van der Waals surface area contributed by atoms with Crippen LogP contribution in [0.1, 0.15) is 18.5 Å². The fraction of sp³-hybridized carbons (Fsp3) is 0.375. The van der Waals surface area contributed by atoms with Crippen LogP contribution in [0.15, 0.2) is 36.0 Å². The predicted octanol–water partition coefficient (Wildman–Crippen LogP) is 2.46. The lowest BCUT2D eigenvalue weighted by molar-refractivity contribution is -0.167. The largest absolute Gasteiger partial charge is 0.497 e. The van der Waals surface area contributed by atoms with Crippen molar-refractivity contribution in [1.29, 1.82) is 0 Å². The van der Waals surface area contributed by atoms with E-state index in [1.807, 2.05) is 0 Å². The summed E-state index contributed by atoms with van der Waals surface area (Å²) in [6, 6.07) is 5.46. The molecule has 24 heavy (non-hydrogen) atoms. The number of methoxy groups -OCH3 is 1. The highest BCUT2D eigenvalue weighted by Crippen LogP contribution is 2.43. The molecule has 2 atom stereocenters. The first-order chi connectivity index (χ1) is 11.2. The average molecular weight is 340 g/mol. The third-order valence-electron chi connectivity index (χ3n) is 4.19. The van der Waals surface area contributed by atoms with E-state index in [2.05, 4.69) is 0 Å². The number of alkyl halides is 3. The number of halogens is 3. The van der Waals surface area contributed by atoms with Gasteiger partial charge in [-0.15, -0.1) is 0 Å². The van der Waals surface area contributed by atoms with Crippen molar-refractivity contribution in [2.45, 2.75) is 19.1 Å². The van der Waals surface area contributed by atoms with Crippen LogP contribution in [0.2, 0.25) is 0 Å². The van der Waals surface area contributed by atoms with Crippen LogP contribution < -0.4 is 4.74 Å². The van der Waals surface area contributed by atoms with E-state index in [1.165, 1.54) is 12.1 Å². The summed E-state index contributed by atoms with van der Waals surface area (Å²) < 4.78 is 43.8. The summed E-state index contributed by atoms with van der Waals surface area (Å²) in [6.07, 6.45) is -3.98. The van der Waals surface area contributed by atoms with Crippen molar-refractivity contribution in [2.24, 2.45) is 5.92 Å². The summed E-state index contributed by atoms with van der Waals surface area (Å²) >= 11 is 0. The molecule has 2 heterocycles. The van der Waals surface area contributed by atoms with Gasteiger partial charge in [-0.25, -0.2) is 10.0 Å². The number of carbonyl (C=O) groups excluding carboxylic acids is 2. The molecular formula is C16H15F3N2O3. The van der Waals surface area contributed by atoms with E-state index in [0.29, 0.717) is 11.3 Å². The van der Waals surface area contributed by atoms with Crippen LogP contribution in [0.4, 0.5) is 13.2 Å². The fourth-order valence-electron chi connectivity index (χ4n) is 3.01. The van der Waals surface area contributed by atoms with Crippen molar-refractivity contribution in [2.75, 3.05) is 13.7 Å². The van der Waals surface area contributed by atoms with E-state index in [0.717, 1.165) is 11.2 Å². The maximum atomic E-state index is 12.9. The van der Waals surface area contributed by atoms with Crippen molar-refractivity contribution in [3.05, 3.63) is 41.6 Å². The number of hydrazine groups is 1. The topological polar surface area (TPSA) is 49.9 Å². The maximum Gasteiger partial charge on any atom is 0.454 e. The molecule has 0 spiro atoms. The Morgan fingerprint density at radius 1 is 1.25 bits per heavy atom. The second-order valence-electron chi connectivity index (χ2n) is 5.79. The Bertz CT molecular complexity index is 712. The number of hydrogen-bond acceptors (Lipinski definition) is 4. The molecule has 1 aromatic carbocycles. The molecule has 0 bridgehead atoms. The Morgan fingerprint density at radius 3 is 2.42 bits per heavy atom. The third-order valence-corrected chi connectivity index (χ3v) is 4.19. The second kappa shape index (κ2) is 5.62. The van der Waals surface area contributed by atoms with Gasteiger partial charge >= 0.3 is 6.18 Å². The van der Waals surface area contributed by atoms with Gasteiger partial charge in [-0.2, -0.15) is 13.2 Å². The minimum atomic E-state index is -4.99. The Balaban J connectivity index is 2.04. The summed E-state index contributed by atoms with van der Waals surface area (Å²) in [6.45, 7) is 1.95. The highest BCUT2D eigenvalue weighted by Gasteiger charge is 2.51. The zero-order chi connectivity index (χ0) is 17.6. The predicted molar refractivity (Wildman–Crippen MR) is 77.6 cm³/mol. The van der Waals surface area contributed by atoms with Gasteiger partial charge in [0.05, 0.1) is 19.1 Å². The molecule has 1 fully saturated rings. The summed E-state index contributed by atoms with van der Waals surface area (Å²) in [5, 5.41) is 2.62. The van der Waals surface area contributed by atoms with Gasteiger partial charge in [-0.1, -0.05) is 19.1 Å². The molecule has 1 aromatic rings. The quantitative estimate of drug-likeness (QED) is 0.848. The molecule has 128 valence electrons. The van der Waals surface area contributed by atoms with Gasteiger partial charge in [0.1, 0.15) is 5.75 Å². The molecule has 8 heteroatoms. The van der Waals surface area contributed by atoms with Gasteiger partial charge in [0.2, 0.25) is 5.91 Å². The smallest absolute Gasteiger partial charge is 0.454 e. The molecule has 2 unspecified atom stereocenters. The lowest BCUT2D eigenvalue weighted by Crippen LogP contribution is -2.34. The molecule has 1 saturated heterocycles. The van der Waals surface area contributed by atoms with Gasteiger partial charge in [-0.3, -0.25) is 9.59 Å². The number of ether oxygens (including phenoxy) is 1. The summed E-state index contributed by atoms with van der Waals surface area (Å²) in [5.41, 5.74) is 0.0389. The van der Waals surface area contributed by atoms with Crippen LogP contribution in [0.3, 0.4) is 0 Å². The molecule has 3 rings (SSSR count). The van der Waals surface area contributed by atoms with Gasteiger partial charge in [0.15, 0.2) is 0 Å². The number of carbonyl (C=O) groups is 2. The van der Waals surface area contributed by atoms with Crippen LogP contribution in [0.5, 0.6) is 5.75 Å². The summed E-state index contributed by atoms with van der Waals surface area (Å²) in [4.78, 5) is 23.9. The number of nitrogens with zero attached hydrogens (tertiary/aromatic N) is 2. The monoisotopic (exact) mass is 340 g/mol. The third kappa shape index (κ3) is 2.56. The summed E-state index contributed by atoms with van der Waals surface area (Å²) in [7, 11) is 1.48. The van der Waals surface area contributed by atoms with E-state index in [4.69, 9.17) is 4.74 Å². The van der Waals surface area contributed by atoms with Crippen LogP contribution in [0, 0.1) is 5.92 Å². The summed E-state index contributed by atoms with van der Waals surface area (Å²) in [5.74, 6) is -2.05. The lowest BCUT2D eigenvalue weighted by Gasteiger charge is -2.26. The number of Topliss-reactive ketones (excluding diaryl/α,β-unsaturated/α-hetero) is 1. The Hall–Kier alpha value is -2.35. The number of benzene rings is 1. The van der Waals surface area contributed by atoms with E-state index in [1.54, 1.807) is 31.2 Å². The maximum absolute atomic E-state index is 12.9. The number of fused-ring (bicyclic) bond motifs is 1. The SMILES string of the molecule is COc1ccc(C2C(C(=O)C(F)(F)F)=CN3C(=O)C(C)CN23)cc1. The van der Waals surface area contributed by atoms with Crippen LogP contribution in [-0.4, -0.2) is 41.5 Å². The van der Waals surface area contributed by atoms with Crippen molar-refractivity contribution in [3.8, 4) is 5.75 Å². The van der Waals surface area contributed by atoms with E-state index >= 15 is 0 Å². The Labute approximate surface area is 136 Å². The Kier molecular flexibility index (Phi) is 3.87. The first-order valence-corrected chi connectivity index (χ1v) is 7.31. The van der Waals surface area contributed by atoms with Gasteiger partial charge in [0, 0.05) is 18.3 Å². The lowest BCUT2D eigenvalue weighted by atomic mass is 9.95. The number of hydrogen-bond donors (Lipinski definition) is 0. The van der Waals surface area contributed by atoms with Crippen molar-refractivity contribution >= 4 is 11.7 Å². The molecule has 0 N–H and O–H groups in total. The molecule has 2 aliphatic heterocycles. The molecule has 0 aromatic heterocycles. The van der Waals surface area contributed by atoms with Crippen LogP contribution in [-0.2, 0) is 9.59 Å². The van der Waals surface area contributed by atoms with Crippen molar-refractivity contribution < 1.29 is 27.5 Å². The minimum Gasteiger partial charge on any atom is -0.497 e. The number of rotatable bonds is 3. The van der Waals surface area contributed by atoms with Crippen LogP contribution >= 0.6 is 0 Å². The van der Waals surface area contributed by atoms with Gasteiger partial charge in [-0.05, 0) is 17.7 Å².